The second-order valence-corrected chi connectivity index (χ2v) is 5.46. The third-order valence-electron chi connectivity index (χ3n) is 3.92. The Bertz CT molecular complexity index is 435. The van der Waals surface area contributed by atoms with Crippen molar-refractivity contribution in [1.82, 2.24) is 9.80 Å². The number of ether oxygens (including phenoxy) is 2. The van der Waals surface area contributed by atoms with E-state index in [0.29, 0.717) is 19.7 Å². The summed E-state index contributed by atoms with van der Waals surface area (Å²) in [5, 5.41) is 0. The molecule has 0 saturated carbocycles. The molecular formula is C15H24N2O4. The zero-order valence-corrected chi connectivity index (χ0v) is 12.9. The van der Waals surface area contributed by atoms with Crippen molar-refractivity contribution in [2.75, 3.05) is 41.0 Å². The number of furan rings is 1. The third kappa shape index (κ3) is 4.30. The number of likely N-dealkylation sites (tertiary alicyclic amines) is 1. The Morgan fingerprint density at radius 3 is 2.95 bits per heavy atom. The highest BCUT2D eigenvalue weighted by atomic mass is 16.5. The van der Waals surface area contributed by atoms with Crippen molar-refractivity contribution in [1.29, 1.82) is 0 Å². The van der Waals surface area contributed by atoms with Crippen LogP contribution >= 0.6 is 0 Å². The van der Waals surface area contributed by atoms with Crippen molar-refractivity contribution in [2.24, 2.45) is 0 Å². The van der Waals surface area contributed by atoms with Crippen LogP contribution in [0.2, 0.25) is 0 Å². The van der Waals surface area contributed by atoms with Gasteiger partial charge < -0.3 is 18.8 Å². The van der Waals surface area contributed by atoms with Gasteiger partial charge in [0.2, 0.25) is 5.91 Å². The number of amides is 1. The maximum Gasteiger partial charge on any atom is 0.236 e. The van der Waals surface area contributed by atoms with Gasteiger partial charge in [0, 0.05) is 33.9 Å². The number of rotatable bonds is 7. The van der Waals surface area contributed by atoms with Gasteiger partial charge in [0.05, 0.1) is 32.1 Å². The third-order valence-corrected chi connectivity index (χ3v) is 3.92. The smallest absolute Gasteiger partial charge is 0.236 e. The topological polar surface area (TPSA) is 55.2 Å². The van der Waals surface area contributed by atoms with E-state index in [-0.39, 0.29) is 18.1 Å². The highest BCUT2D eigenvalue weighted by Crippen LogP contribution is 2.20. The minimum atomic E-state index is 0.0734. The molecule has 0 spiro atoms. The normalized spacial score (nSPS) is 22.6. The van der Waals surface area contributed by atoms with Crippen LogP contribution in [-0.4, -0.2) is 68.8 Å². The van der Waals surface area contributed by atoms with Crippen molar-refractivity contribution in [3.05, 3.63) is 24.2 Å². The van der Waals surface area contributed by atoms with E-state index >= 15 is 0 Å². The van der Waals surface area contributed by atoms with Gasteiger partial charge in [0.15, 0.2) is 0 Å². The first-order valence-corrected chi connectivity index (χ1v) is 7.16. The van der Waals surface area contributed by atoms with E-state index < -0.39 is 0 Å². The molecule has 0 aliphatic carbocycles. The molecule has 1 aromatic rings. The number of hydrogen-bond donors (Lipinski definition) is 0. The van der Waals surface area contributed by atoms with E-state index in [4.69, 9.17) is 13.9 Å². The molecule has 0 aromatic carbocycles. The first kappa shape index (κ1) is 16.0. The first-order chi connectivity index (χ1) is 10.1. The average molecular weight is 296 g/mol. The number of likely N-dealkylation sites (N-methyl/N-ethyl adjacent to an activating group) is 1. The molecule has 0 radical (unpaired) electrons. The Hall–Kier alpha value is -1.37. The fourth-order valence-corrected chi connectivity index (χ4v) is 2.69. The maximum absolute atomic E-state index is 12.3. The molecule has 0 bridgehead atoms. The number of hydrogen-bond acceptors (Lipinski definition) is 5. The number of carbonyl (C=O) groups is 1. The SMILES string of the molecule is COC[C@@H]1C[C@H](OC)CN1CC(=O)N(C)Cc1ccco1. The zero-order chi connectivity index (χ0) is 15.2. The van der Waals surface area contributed by atoms with E-state index in [2.05, 4.69) is 4.90 Å². The van der Waals surface area contributed by atoms with Gasteiger partial charge in [-0.3, -0.25) is 9.69 Å². The minimum absolute atomic E-state index is 0.0734. The van der Waals surface area contributed by atoms with Gasteiger partial charge in [-0.1, -0.05) is 0 Å². The van der Waals surface area contributed by atoms with Crippen molar-refractivity contribution in [3.63, 3.8) is 0 Å². The molecule has 6 heteroatoms. The Kier molecular flexibility index (Phi) is 5.78. The van der Waals surface area contributed by atoms with Gasteiger partial charge in [-0.2, -0.15) is 0 Å². The summed E-state index contributed by atoms with van der Waals surface area (Å²) in [5.74, 6) is 0.861. The molecule has 2 atom stereocenters. The summed E-state index contributed by atoms with van der Waals surface area (Å²) in [5.41, 5.74) is 0. The molecule has 1 aliphatic heterocycles. The van der Waals surface area contributed by atoms with E-state index in [1.54, 1.807) is 32.4 Å². The summed E-state index contributed by atoms with van der Waals surface area (Å²) in [4.78, 5) is 16.2. The summed E-state index contributed by atoms with van der Waals surface area (Å²) < 4.78 is 15.9. The van der Waals surface area contributed by atoms with Gasteiger partial charge in [-0.25, -0.2) is 0 Å². The molecule has 2 heterocycles. The van der Waals surface area contributed by atoms with Gasteiger partial charge in [0.25, 0.3) is 0 Å². The number of methoxy groups -OCH3 is 2. The molecule has 2 rings (SSSR count). The van der Waals surface area contributed by atoms with Crippen LogP contribution < -0.4 is 0 Å². The molecule has 6 nitrogen and oxygen atoms in total. The zero-order valence-electron chi connectivity index (χ0n) is 12.9. The van der Waals surface area contributed by atoms with E-state index in [1.165, 1.54) is 0 Å². The first-order valence-electron chi connectivity index (χ1n) is 7.16. The number of carbonyl (C=O) groups excluding carboxylic acids is 1. The van der Waals surface area contributed by atoms with Crippen LogP contribution in [0.1, 0.15) is 12.2 Å². The highest BCUT2D eigenvalue weighted by Gasteiger charge is 2.33. The van der Waals surface area contributed by atoms with Crippen molar-refractivity contribution < 1.29 is 18.7 Å². The second-order valence-electron chi connectivity index (χ2n) is 5.46. The van der Waals surface area contributed by atoms with Crippen LogP contribution in [0.5, 0.6) is 0 Å². The maximum atomic E-state index is 12.3. The van der Waals surface area contributed by atoms with Gasteiger partial charge in [-0.05, 0) is 18.6 Å². The van der Waals surface area contributed by atoms with E-state index in [1.807, 2.05) is 12.1 Å². The summed E-state index contributed by atoms with van der Waals surface area (Å²) in [6, 6.07) is 3.93. The molecular weight excluding hydrogens is 272 g/mol. The fourth-order valence-electron chi connectivity index (χ4n) is 2.69. The average Bonchev–Trinajstić information content (AvgIpc) is 3.09. The van der Waals surface area contributed by atoms with Crippen LogP contribution in [-0.2, 0) is 20.8 Å². The molecule has 0 unspecified atom stereocenters. The predicted octanol–water partition coefficient (Wildman–Crippen LogP) is 0.974. The van der Waals surface area contributed by atoms with Crippen molar-refractivity contribution >= 4 is 5.91 Å². The summed E-state index contributed by atoms with van der Waals surface area (Å²) in [7, 11) is 5.19. The second kappa shape index (κ2) is 7.59. The van der Waals surface area contributed by atoms with Crippen molar-refractivity contribution in [2.45, 2.75) is 25.1 Å². The van der Waals surface area contributed by atoms with Crippen LogP contribution in [0.4, 0.5) is 0 Å². The standard InChI is InChI=1S/C15H24N2O4/c1-16(8-13-5-4-6-21-13)15(18)10-17-9-14(20-3)7-12(17)11-19-2/h4-6,12,14H,7-11H2,1-3H3/t12-,14-/m0/s1. The van der Waals surface area contributed by atoms with Crippen LogP contribution in [0.15, 0.2) is 22.8 Å². The summed E-state index contributed by atoms with van der Waals surface area (Å²) in [6.45, 7) is 2.26. The van der Waals surface area contributed by atoms with Crippen LogP contribution in [0.25, 0.3) is 0 Å². The predicted molar refractivity (Wildman–Crippen MR) is 77.8 cm³/mol. The molecule has 1 amide bonds. The summed E-state index contributed by atoms with van der Waals surface area (Å²) in [6.07, 6.45) is 2.69. The lowest BCUT2D eigenvalue weighted by Crippen LogP contribution is -2.42. The Morgan fingerprint density at radius 1 is 1.52 bits per heavy atom. The lowest BCUT2D eigenvalue weighted by molar-refractivity contribution is -0.132. The molecule has 0 N–H and O–H groups in total. The summed E-state index contributed by atoms with van der Waals surface area (Å²) >= 11 is 0. The largest absolute Gasteiger partial charge is 0.467 e. The van der Waals surface area contributed by atoms with Gasteiger partial charge >= 0.3 is 0 Å². The number of nitrogens with zero attached hydrogens (tertiary/aromatic N) is 2. The van der Waals surface area contributed by atoms with Crippen LogP contribution in [0.3, 0.4) is 0 Å². The Morgan fingerprint density at radius 2 is 2.33 bits per heavy atom. The van der Waals surface area contributed by atoms with E-state index in [0.717, 1.165) is 18.7 Å². The van der Waals surface area contributed by atoms with E-state index in [9.17, 15) is 4.79 Å². The molecule has 21 heavy (non-hydrogen) atoms. The molecule has 1 aromatic heterocycles. The molecule has 1 fully saturated rings. The van der Waals surface area contributed by atoms with Crippen molar-refractivity contribution in [3.8, 4) is 0 Å². The molecule has 1 saturated heterocycles. The molecule has 1 aliphatic rings. The lowest BCUT2D eigenvalue weighted by atomic mass is 10.2. The fraction of sp³-hybridized carbons (Fsp3) is 0.667. The highest BCUT2D eigenvalue weighted by molar-refractivity contribution is 5.78. The minimum Gasteiger partial charge on any atom is -0.467 e. The monoisotopic (exact) mass is 296 g/mol. The Labute approximate surface area is 125 Å². The molecule has 118 valence electrons. The Balaban J connectivity index is 1.87. The quantitative estimate of drug-likeness (QED) is 0.750. The van der Waals surface area contributed by atoms with Gasteiger partial charge in [0.1, 0.15) is 5.76 Å². The van der Waals surface area contributed by atoms with Gasteiger partial charge in [-0.15, -0.1) is 0 Å². The lowest BCUT2D eigenvalue weighted by Gasteiger charge is -2.25. The van der Waals surface area contributed by atoms with Crippen LogP contribution in [0, 0.1) is 0 Å².